The lowest BCUT2D eigenvalue weighted by Gasteiger charge is -2.03. The molecule has 0 unspecified atom stereocenters. The second-order valence-electron chi connectivity index (χ2n) is 3.72. The van der Waals surface area contributed by atoms with Crippen LogP contribution in [0.1, 0.15) is 24.8 Å². The van der Waals surface area contributed by atoms with Crippen LogP contribution in [0.3, 0.4) is 0 Å². The molecular weight excluding hydrogens is 256 g/mol. The third-order valence-corrected chi connectivity index (χ3v) is 3.41. The van der Waals surface area contributed by atoms with Crippen LogP contribution in [0.5, 0.6) is 0 Å². The van der Waals surface area contributed by atoms with Gasteiger partial charge in [0.05, 0.1) is 12.5 Å². The molecule has 0 saturated heterocycles. The SMILES string of the molecule is CCOC(=O)[C@@H]1C[C@H]1c1ccccc1Br. The van der Waals surface area contributed by atoms with Crippen molar-refractivity contribution in [2.45, 2.75) is 19.3 Å². The zero-order valence-corrected chi connectivity index (χ0v) is 10.2. The molecule has 3 heteroatoms. The Morgan fingerprint density at radius 1 is 1.53 bits per heavy atom. The maximum atomic E-state index is 11.5. The summed E-state index contributed by atoms with van der Waals surface area (Å²) in [6, 6.07) is 8.06. The number of hydrogen-bond acceptors (Lipinski definition) is 2. The maximum Gasteiger partial charge on any atom is 0.309 e. The molecular formula is C12H13BrO2. The van der Waals surface area contributed by atoms with Crippen molar-refractivity contribution in [3.63, 3.8) is 0 Å². The number of benzene rings is 1. The average Bonchev–Trinajstić information content (AvgIpc) is 2.98. The van der Waals surface area contributed by atoms with Crippen molar-refractivity contribution in [1.29, 1.82) is 0 Å². The molecule has 1 aromatic rings. The first-order valence-corrected chi connectivity index (χ1v) is 5.94. The van der Waals surface area contributed by atoms with Crippen LogP contribution in [0, 0.1) is 5.92 Å². The number of halogens is 1. The van der Waals surface area contributed by atoms with Gasteiger partial charge in [0.25, 0.3) is 0 Å². The lowest BCUT2D eigenvalue weighted by Crippen LogP contribution is -2.07. The molecule has 0 heterocycles. The quantitative estimate of drug-likeness (QED) is 0.788. The molecule has 1 saturated carbocycles. The summed E-state index contributed by atoms with van der Waals surface area (Å²) in [6.45, 7) is 2.31. The van der Waals surface area contributed by atoms with Gasteiger partial charge in [0.15, 0.2) is 0 Å². The maximum absolute atomic E-state index is 11.5. The highest BCUT2D eigenvalue weighted by Crippen LogP contribution is 2.50. The summed E-state index contributed by atoms with van der Waals surface area (Å²) in [5.41, 5.74) is 1.22. The minimum atomic E-state index is -0.0572. The topological polar surface area (TPSA) is 26.3 Å². The van der Waals surface area contributed by atoms with Gasteiger partial charge < -0.3 is 4.74 Å². The first-order valence-electron chi connectivity index (χ1n) is 5.15. The Morgan fingerprint density at radius 2 is 2.27 bits per heavy atom. The van der Waals surface area contributed by atoms with Crippen LogP contribution in [-0.4, -0.2) is 12.6 Å². The van der Waals surface area contributed by atoms with Gasteiger partial charge in [0.1, 0.15) is 0 Å². The van der Waals surface area contributed by atoms with E-state index in [1.165, 1.54) is 5.56 Å². The molecule has 0 N–H and O–H groups in total. The number of ether oxygens (including phenoxy) is 1. The van der Waals surface area contributed by atoms with Gasteiger partial charge in [-0.1, -0.05) is 34.1 Å². The van der Waals surface area contributed by atoms with Crippen LogP contribution < -0.4 is 0 Å². The predicted octanol–water partition coefficient (Wildman–Crippen LogP) is 3.12. The fourth-order valence-electron chi connectivity index (χ4n) is 1.82. The molecule has 15 heavy (non-hydrogen) atoms. The molecule has 1 aromatic carbocycles. The van der Waals surface area contributed by atoms with Crippen LogP contribution in [0.2, 0.25) is 0 Å². The summed E-state index contributed by atoms with van der Waals surface area (Å²) in [5.74, 6) is 0.363. The van der Waals surface area contributed by atoms with Crippen LogP contribution in [0.15, 0.2) is 28.7 Å². The zero-order chi connectivity index (χ0) is 10.8. The van der Waals surface area contributed by atoms with E-state index in [1.807, 2.05) is 25.1 Å². The van der Waals surface area contributed by atoms with E-state index >= 15 is 0 Å². The molecule has 1 aliphatic carbocycles. The molecule has 2 nitrogen and oxygen atoms in total. The van der Waals surface area contributed by atoms with Crippen LogP contribution in [-0.2, 0) is 9.53 Å². The molecule has 1 aliphatic rings. The number of hydrogen-bond donors (Lipinski definition) is 0. The molecule has 0 aromatic heterocycles. The van der Waals surface area contributed by atoms with Gasteiger partial charge >= 0.3 is 5.97 Å². The molecule has 2 rings (SSSR count). The number of carbonyl (C=O) groups excluding carboxylic acids is 1. The monoisotopic (exact) mass is 268 g/mol. The highest BCUT2D eigenvalue weighted by molar-refractivity contribution is 9.10. The summed E-state index contributed by atoms with van der Waals surface area (Å²) in [4.78, 5) is 11.5. The zero-order valence-electron chi connectivity index (χ0n) is 8.57. The Bertz CT molecular complexity index is 376. The Balaban J connectivity index is 2.05. The number of esters is 1. The lowest BCUT2D eigenvalue weighted by atomic mass is 10.1. The van der Waals surface area contributed by atoms with E-state index in [0.717, 1.165) is 10.9 Å². The number of rotatable bonds is 3. The van der Waals surface area contributed by atoms with Gasteiger partial charge in [-0.15, -0.1) is 0 Å². The Labute approximate surface area is 97.8 Å². The van der Waals surface area contributed by atoms with Gasteiger partial charge in [-0.3, -0.25) is 4.79 Å². The Kier molecular flexibility index (Phi) is 3.10. The predicted molar refractivity (Wildman–Crippen MR) is 61.6 cm³/mol. The minimum Gasteiger partial charge on any atom is -0.466 e. The average molecular weight is 269 g/mol. The van der Waals surface area contributed by atoms with Gasteiger partial charge in [-0.05, 0) is 30.9 Å². The molecule has 80 valence electrons. The fraction of sp³-hybridized carbons (Fsp3) is 0.417. The summed E-state index contributed by atoms with van der Waals surface area (Å²) < 4.78 is 6.09. The van der Waals surface area contributed by atoms with Gasteiger partial charge in [-0.2, -0.15) is 0 Å². The second kappa shape index (κ2) is 4.35. The van der Waals surface area contributed by atoms with Crippen molar-refractivity contribution in [3.8, 4) is 0 Å². The molecule has 0 amide bonds. The third kappa shape index (κ3) is 2.23. The van der Waals surface area contributed by atoms with Crippen molar-refractivity contribution < 1.29 is 9.53 Å². The van der Waals surface area contributed by atoms with Crippen molar-refractivity contribution in [2.24, 2.45) is 5.92 Å². The van der Waals surface area contributed by atoms with Crippen molar-refractivity contribution >= 4 is 21.9 Å². The molecule has 2 atom stereocenters. The third-order valence-electron chi connectivity index (χ3n) is 2.68. The molecule has 0 aliphatic heterocycles. The van der Waals surface area contributed by atoms with E-state index in [9.17, 15) is 4.79 Å². The first kappa shape index (κ1) is 10.7. The fourth-order valence-corrected chi connectivity index (χ4v) is 2.40. The number of carbonyl (C=O) groups is 1. The second-order valence-corrected chi connectivity index (χ2v) is 4.58. The molecule has 0 radical (unpaired) electrons. The van der Waals surface area contributed by atoms with Crippen LogP contribution in [0.4, 0.5) is 0 Å². The summed E-state index contributed by atoms with van der Waals surface area (Å²) in [7, 11) is 0. The normalized spacial score (nSPS) is 23.6. The summed E-state index contributed by atoms with van der Waals surface area (Å²) >= 11 is 3.50. The summed E-state index contributed by atoms with van der Waals surface area (Å²) in [5, 5.41) is 0. The van der Waals surface area contributed by atoms with Crippen molar-refractivity contribution in [2.75, 3.05) is 6.61 Å². The van der Waals surface area contributed by atoms with E-state index in [0.29, 0.717) is 12.5 Å². The largest absolute Gasteiger partial charge is 0.466 e. The highest BCUT2D eigenvalue weighted by Gasteiger charge is 2.45. The van der Waals surface area contributed by atoms with E-state index in [4.69, 9.17) is 4.74 Å². The summed E-state index contributed by atoms with van der Waals surface area (Å²) in [6.07, 6.45) is 0.918. The van der Waals surface area contributed by atoms with Crippen molar-refractivity contribution in [3.05, 3.63) is 34.3 Å². The van der Waals surface area contributed by atoms with Crippen LogP contribution in [0.25, 0.3) is 0 Å². The van der Waals surface area contributed by atoms with Gasteiger partial charge in [0, 0.05) is 4.47 Å². The lowest BCUT2D eigenvalue weighted by molar-refractivity contribution is -0.144. The smallest absolute Gasteiger partial charge is 0.309 e. The van der Waals surface area contributed by atoms with Crippen LogP contribution >= 0.6 is 15.9 Å². The minimum absolute atomic E-state index is 0.0572. The van der Waals surface area contributed by atoms with Crippen molar-refractivity contribution in [1.82, 2.24) is 0 Å². The molecule has 0 bridgehead atoms. The Hall–Kier alpha value is -0.830. The first-order chi connectivity index (χ1) is 7.24. The molecule has 1 fully saturated rings. The Morgan fingerprint density at radius 3 is 2.93 bits per heavy atom. The van der Waals surface area contributed by atoms with Gasteiger partial charge in [0.2, 0.25) is 0 Å². The van der Waals surface area contributed by atoms with E-state index in [-0.39, 0.29) is 11.9 Å². The van der Waals surface area contributed by atoms with E-state index in [2.05, 4.69) is 22.0 Å². The van der Waals surface area contributed by atoms with Gasteiger partial charge in [-0.25, -0.2) is 0 Å². The standard InChI is InChI=1S/C12H13BrO2/c1-2-15-12(14)10-7-9(10)8-5-3-4-6-11(8)13/h3-6,9-10H,2,7H2,1H3/t9-,10+/m0/s1. The highest BCUT2D eigenvalue weighted by atomic mass is 79.9. The molecule has 0 spiro atoms. The van der Waals surface area contributed by atoms with E-state index < -0.39 is 0 Å². The van der Waals surface area contributed by atoms with E-state index in [1.54, 1.807) is 0 Å².